The number of ether oxygens (including phenoxy) is 1. The number of aliphatic hydroxyl groups excluding tert-OH is 2. The fraction of sp³-hybridized carbons (Fsp3) is 0.688. The first-order valence-corrected chi connectivity index (χ1v) is 8.81. The molecule has 8 nitrogen and oxygen atoms in total. The van der Waals surface area contributed by atoms with Crippen molar-refractivity contribution in [3.05, 3.63) is 12.2 Å². The molecule has 4 atom stereocenters. The van der Waals surface area contributed by atoms with Gasteiger partial charge in [-0.25, -0.2) is 19.3 Å². The summed E-state index contributed by atoms with van der Waals surface area (Å²) in [6.07, 6.45) is -7.52. The van der Waals surface area contributed by atoms with Crippen LogP contribution in [0.2, 0.25) is 0 Å². The van der Waals surface area contributed by atoms with E-state index in [9.17, 15) is 27.8 Å². The molecular weight excluding hydrogens is 386 g/mol. The lowest BCUT2D eigenvalue weighted by Gasteiger charge is -2.39. The van der Waals surface area contributed by atoms with Crippen LogP contribution >= 0.6 is 0 Å². The number of alkyl halides is 4. The van der Waals surface area contributed by atoms with Crippen LogP contribution in [0.1, 0.15) is 38.2 Å². The van der Waals surface area contributed by atoms with Crippen molar-refractivity contribution >= 4 is 17.0 Å². The number of nitrogens with zero attached hydrogens (tertiary/aromatic N) is 4. The summed E-state index contributed by atoms with van der Waals surface area (Å²) in [4.78, 5) is 11.2. The Kier molecular flexibility index (Phi) is 4.47. The van der Waals surface area contributed by atoms with Crippen LogP contribution in [0.4, 0.5) is 23.4 Å². The van der Waals surface area contributed by atoms with Crippen LogP contribution in [0.25, 0.3) is 11.2 Å². The minimum Gasteiger partial charge on any atom is -0.394 e. The van der Waals surface area contributed by atoms with Crippen molar-refractivity contribution in [1.82, 2.24) is 19.5 Å². The first kappa shape index (κ1) is 19.3. The van der Waals surface area contributed by atoms with Crippen LogP contribution in [0.5, 0.6) is 0 Å². The predicted octanol–water partition coefficient (Wildman–Crippen LogP) is 1.79. The molecule has 2 aliphatic rings. The van der Waals surface area contributed by atoms with Crippen LogP contribution in [-0.4, -0.2) is 60.3 Å². The molecule has 12 heteroatoms. The average molecular weight is 405 g/mol. The summed E-state index contributed by atoms with van der Waals surface area (Å²) < 4.78 is 60.7. The number of hydrogen-bond donors (Lipinski definition) is 3. The second kappa shape index (κ2) is 6.49. The van der Waals surface area contributed by atoms with Crippen molar-refractivity contribution in [3.8, 4) is 0 Å². The van der Waals surface area contributed by atoms with Gasteiger partial charge >= 0.3 is 6.18 Å². The number of imidazole rings is 1. The van der Waals surface area contributed by atoms with Gasteiger partial charge in [-0.05, 0) is 26.2 Å². The highest BCUT2D eigenvalue weighted by Gasteiger charge is 2.46. The molecule has 4 rings (SSSR count). The smallest absolute Gasteiger partial charge is 0.394 e. The summed E-state index contributed by atoms with van der Waals surface area (Å²) in [5.74, 6) is -1.48. The van der Waals surface area contributed by atoms with E-state index >= 15 is 0 Å². The Morgan fingerprint density at radius 3 is 2.61 bits per heavy atom. The topological polar surface area (TPSA) is 105 Å². The second-order valence-electron chi connectivity index (χ2n) is 7.44. The van der Waals surface area contributed by atoms with E-state index < -0.39 is 48.8 Å². The normalized spacial score (nSPS) is 29.8. The summed E-state index contributed by atoms with van der Waals surface area (Å²) >= 11 is 0. The molecule has 2 fully saturated rings. The molecule has 1 saturated carbocycles. The highest BCUT2D eigenvalue weighted by molar-refractivity contribution is 5.83. The SMILES string of the molecule is CC1(Nc2nc(C(F)(F)F)nc3c2ncn3[C@@H]2O[C@H](CO)[C@@H](O)[C@@H]2F)CCC1. The van der Waals surface area contributed by atoms with Gasteiger partial charge in [0.1, 0.15) is 12.2 Å². The zero-order valence-electron chi connectivity index (χ0n) is 14.8. The maximum absolute atomic E-state index is 14.5. The van der Waals surface area contributed by atoms with Crippen molar-refractivity contribution in [2.45, 2.75) is 62.5 Å². The van der Waals surface area contributed by atoms with Gasteiger partial charge in [-0.2, -0.15) is 13.2 Å². The van der Waals surface area contributed by atoms with E-state index in [-0.39, 0.29) is 17.0 Å². The Bertz CT molecular complexity index is 885. The minimum absolute atomic E-state index is 0.0406. The zero-order chi connectivity index (χ0) is 20.3. The van der Waals surface area contributed by atoms with Crippen LogP contribution in [0.15, 0.2) is 6.33 Å². The molecule has 0 spiro atoms. The van der Waals surface area contributed by atoms with Crippen LogP contribution in [0.3, 0.4) is 0 Å². The molecule has 1 aliphatic heterocycles. The molecule has 2 aromatic rings. The largest absolute Gasteiger partial charge is 0.451 e. The Morgan fingerprint density at radius 2 is 2.07 bits per heavy atom. The molecule has 0 amide bonds. The molecule has 0 radical (unpaired) electrons. The number of aliphatic hydroxyl groups is 2. The fourth-order valence-electron chi connectivity index (χ4n) is 3.51. The third kappa shape index (κ3) is 3.08. The number of fused-ring (bicyclic) bond motifs is 1. The van der Waals surface area contributed by atoms with Gasteiger partial charge in [-0.1, -0.05) is 0 Å². The zero-order valence-corrected chi connectivity index (χ0v) is 14.8. The van der Waals surface area contributed by atoms with Crippen molar-refractivity contribution in [2.24, 2.45) is 0 Å². The van der Waals surface area contributed by atoms with E-state index in [2.05, 4.69) is 20.3 Å². The van der Waals surface area contributed by atoms with Gasteiger partial charge in [-0.15, -0.1) is 0 Å². The highest BCUT2D eigenvalue weighted by atomic mass is 19.4. The lowest BCUT2D eigenvalue weighted by Crippen LogP contribution is -2.42. The summed E-state index contributed by atoms with van der Waals surface area (Å²) in [5.41, 5.74) is -0.636. The molecule has 154 valence electrons. The van der Waals surface area contributed by atoms with Gasteiger partial charge in [0.2, 0.25) is 5.82 Å². The first-order valence-electron chi connectivity index (χ1n) is 8.81. The van der Waals surface area contributed by atoms with Crippen molar-refractivity contribution < 1.29 is 32.5 Å². The standard InChI is InChI=1S/C16H19F4N5O3/c1-15(3-2-4-15)24-11-9-12(23-14(22-11)16(18,19)20)25(6-21-9)13-8(17)10(27)7(5-26)28-13/h6-8,10,13,26-27H,2-5H2,1H3,(H,22,23,24)/t7-,8+,10-,13-/m1/s1. The van der Waals surface area contributed by atoms with E-state index in [4.69, 9.17) is 4.74 Å². The van der Waals surface area contributed by atoms with E-state index in [1.165, 1.54) is 0 Å². The first-order chi connectivity index (χ1) is 13.1. The number of hydrogen-bond acceptors (Lipinski definition) is 7. The van der Waals surface area contributed by atoms with Gasteiger partial charge in [0.05, 0.1) is 12.9 Å². The third-order valence-electron chi connectivity index (χ3n) is 5.30. The van der Waals surface area contributed by atoms with Crippen molar-refractivity contribution in [1.29, 1.82) is 0 Å². The van der Waals surface area contributed by atoms with E-state index in [0.29, 0.717) is 0 Å². The maximum atomic E-state index is 14.5. The monoisotopic (exact) mass is 405 g/mol. The molecule has 0 aromatic carbocycles. The lowest BCUT2D eigenvalue weighted by atomic mass is 9.78. The number of rotatable bonds is 4. The highest BCUT2D eigenvalue weighted by Crippen LogP contribution is 2.39. The third-order valence-corrected chi connectivity index (χ3v) is 5.30. The number of aromatic nitrogens is 4. The average Bonchev–Trinajstić information content (AvgIpc) is 3.15. The van der Waals surface area contributed by atoms with Gasteiger partial charge in [0.25, 0.3) is 0 Å². The molecule has 0 bridgehead atoms. The van der Waals surface area contributed by atoms with E-state index in [0.717, 1.165) is 30.2 Å². The molecular formula is C16H19F4N5O3. The van der Waals surface area contributed by atoms with E-state index in [1.807, 2.05) is 6.92 Å². The van der Waals surface area contributed by atoms with Crippen LogP contribution in [0, 0.1) is 0 Å². The Morgan fingerprint density at radius 1 is 1.36 bits per heavy atom. The van der Waals surface area contributed by atoms with Gasteiger partial charge in [-0.3, -0.25) is 4.57 Å². The van der Waals surface area contributed by atoms with E-state index in [1.54, 1.807) is 0 Å². The number of halogens is 4. The Hall–Kier alpha value is -2.05. The van der Waals surface area contributed by atoms with Crippen molar-refractivity contribution in [3.63, 3.8) is 0 Å². The summed E-state index contributed by atoms with van der Waals surface area (Å²) in [5, 5.41) is 22.0. The number of anilines is 1. The molecule has 28 heavy (non-hydrogen) atoms. The summed E-state index contributed by atoms with van der Waals surface area (Å²) in [7, 11) is 0. The Balaban J connectivity index is 1.81. The summed E-state index contributed by atoms with van der Waals surface area (Å²) in [6.45, 7) is 1.23. The molecule has 3 heterocycles. The van der Waals surface area contributed by atoms with Crippen LogP contribution in [-0.2, 0) is 10.9 Å². The molecule has 0 unspecified atom stereocenters. The Labute approximate surface area is 156 Å². The number of nitrogens with one attached hydrogen (secondary N) is 1. The maximum Gasteiger partial charge on any atom is 0.451 e. The molecule has 1 saturated heterocycles. The van der Waals surface area contributed by atoms with Gasteiger partial charge in [0, 0.05) is 5.54 Å². The van der Waals surface area contributed by atoms with Crippen LogP contribution < -0.4 is 5.32 Å². The quantitative estimate of drug-likeness (QED) is 0.666. The summed E-state index contributed by atoms with van der Waals surface area (Å²) in [6, 6.07) is 0. The molecule has 1 aliphatic carbocycles. The van der Waals surface area contributed by atoms with Gasteiger partial charge in [0.15, 0.2) is 29.4 Å². The molecule has 3 N–H and O–H groups in total. The van der Waals surface area contributed by atoms with Gasteiger partial charge < -0.3 is 20.3 Å². The van der Waals surface area contributed by atoms with Crippen molar-refractivity contribution in [2.75, 3.05) is 11.9 Å². The molecule has 2 aromatic heterocycles. The minimum atomic E-state index is -4.82. The lowest BCUT2D eigenvalue weighted by molar-refractivity contribution is -0.144. The fourth-order valence-corrected chi connectivity index (χ4v) is 3.51. The second-order valence-corrected chi connectivity index (χ2v) is 7.44. The predicted molar refractivity (Wildman–Crippen MR) is 88.1 cm³/mol.